The van der Waals surface area contributed by atoms with Gasteiger partial charge >= 0.3 is 0 Å². The van der Waals surface area contributed by atoms with E-state index < -0.39 is 11.6 Å². The van der Waals surface area contributed by atoms with E-state index in [0.29, 0.717) is 40.1 Å². The fourth-order valence-corrected chi connectivity index (χ4v) is 3.40. The molecule has 0 aliphatic rings. The molecule has 4 aromatic heterocycles. The third-order valence-electron chi connectivity index (χ3n) is 4.94. The van der Waals surface area contributed by atoms with Gasteiger partial charge in [-0.15, -0.1) is 0 Å². The SMILES string of the molecule is OCCn1cc(-c2cnc3ccc(-c4c[nH]nc4-c4ccc(F)c(F)c4)nc3c2)cn1. The summed E-state index contributed by atoms with van der Waals surface area (Å²) in [6.07, 6.45) is 6.95. The summed E-state index contributed by atoms with van der Waals surface area (Å²) in [4.78, 5) is 9.19. The quantitative estimate of drug-likeness (QED) is 0.453. The van der Waals surface area contributed by atoms with Gasteiger partial charge in [0.25, 0.3) is 0 Å². The Morgan fingerprint density at radius 1 is 0.935 bits per heavy atom. The van der Waals surface area contributed by atoms with Crippen molar-refractivity contribution in [3.63, 3.8) is 0 Å². The van der Waals surface area contributed by atoms with Gasteiger partial charge in [-0.05, 0) is 36.4 Å². The van der Waals surface area contributed by atoms with Gasteiger partial charge in [-0.1, -0.05) is 0 Å². The van der Waals surface area contributed by atoms with Crippen LogP contribution < -0.4 is 0 Å². The number of rotatable bonds is 5. The summed E-state index contributed by atoms with van der Waals surface area (Å²) < 4.78 is 28.7. The fraction of sp³-hybridized carbons (Fsp3) is 0.0909. The Morgan fingerprint density at radius 2 is 1.84 bits per heavy atom. The molecule has 0 atom stereocenters. The minimum Gasteiger partial charge on any atom is -0.394 e. The molecule has 5 rings (SSSR count). The number of hydrogen-bond donors (Lipinski definition) is 2. The predicted molar refractivity (Wildman–Crippen MR) is 111 cm³/mol. The van der Waals surface area contributed by atoms with Crippen molar-refractivity contribution in [3.05, 3.63) is 72.8 Å². The molecule has 0 amide bonds. The first-order valence-corrected chi connectivity index (χ1v) is 9.52. The van der Waals surface area contributed by atoms with E-state index in [2.05, 4.69) is 20.3 Å². The van der Waals surface area contributed by atoms with E-state index in [-0.39, 0.29) is 6.61 Å². The summed E-state index contributed by atoms with van der Waals surface area (Å²) in [5, 5.41) is 20.3. The van der Waals surface area contributed by atoms with Gasteiger partial charge in [0, 0.05) is 40.8 Å². The summed E-state index contributed by atoms with van der Waals surface area (Å²) in [7, 11) is 0. The number of benzene rings is 1. The fourth-order valence-electron chi connectivity index (χ4n) is 3.40. The summed E-state index contributed by atoms with van der Waals surface area (Å²) in [5.74, 6) is -1.85. The standard InChI is InChI=1S/C22H16F2N6O/c23-17-2-1-13(7-18(17)24)22-16(11-26-29-22)19-3-4-20-21(28-19)8-14(9-25-20)15-10-27-30(12-15)5-6-31/h1-4,7-12,31H,5-6H2,(H,26,29). The van der Waals surface area contributed by atoms with Crippen LogP contribution >= 0.6 is 0 Å². The zero-order valence-electron chi connectivity index (χ0n) is 16.1. The predicted octanol–water partition coefficient (Wildman–Crippen LogP) is 3.82. The number of aromatic nitrogens is 6. The molecule has 1 aromatic carbocycles. The molecule has 0 aliphatic carbocycles. The molecule has 0 saturated carbocycles. The van der Waals surface area contributed by atoms with E-state index in [4.69, 9.17) is 10.1 Å². The number of pyridine rings is 2. The maximum absolute atomic E-state index is 13.7. The Balaban J connectivity index is 1.55. The van der Waals surface area contributed by atoms with Crippen LogP contribution in [0.4, 0.5) is 8.78 Å². The van der Waals surface area contributed by atoms with E-state index in [0.717, 1.165) is 23.3 Å². The minimum absolute atomic E-state index is 0.00694. The Labute approximate surface area is 175 Å². The van der Waals surface area contributed by atoms with Crippen molar-refractivity contribution in [1.29, 1.82) is 0 Å². The Hall–Kier alpha value is -3.98. The molecule has 0 unspecified atom stereocenters. The maximum Gasteiger partial charge on any atom is 0.159 e. The number of H-pyrrole nitrogens is 1. The van der Waals surface area contributed by atoms with Gasteiger partial charge in [0.1, 0.15) is 5.69 Å². The third kappa shape index (κ3) is 3.55. The summed E-state index contributed by atoms with van der Waals surface area (Å²) in [5.41, 5.74) is 5.29. The van der Waals surface area contributed by atoms with Crippen LogP contribution in [0.15, 0.2) is 61.2 Å². The number of fused-ring (bicyclic) bond motifs is 1. The van der Waals surface area contributed by atoms with Gasteiger partial charge < -0.3 is 5.11 Å². The molecular weight excluding hydrogens is 402 g/mol. The molecule has 0 fully saturated rings. The number of aliphatic hydroxyl groups excluding tert-OH is 1. The second-order valence-electron chi connectivity index (χ2n) is 6.95. The highest BCUT2D eigenvalue weighted by molar-refractivity contribution is 5.85. The average molecular weight is 418 g/mol. The van der Waals surface area contributed by atoms with Crippen LogP contribution in [0, 0.1) is 11.6 Å². The Bertz CT molecular complexity index is 1390. The highest BCUT2D eigenvalue weighted by Gasteiger charge is 2.15. The molecule has 0 saturated heterocycles. The third-order valence-corrected chi connectivity index (χ3v) is 4.94. The second-order valence-corrected chi connectivity index (χ2v) is 6.95. The van der Waals surface area contributed by atoms with Gasteiger partial charge in [0.15, 0.2) is 11.6 Å². The minimum atomic E-state index is -0.937. The second kappa shape index (κ2) is 7.69. The average Bonchev–Trinajstić information content (AvgIpc) is 3.45. The first-order valence-electron chi connectivity index (χ1n) is 9.52. The van der Waals surface area contributed by atoms with E-state index in [9.17, 15) is 8.78 Å². The first kappa shape index (κ1) is 19.0. The smallest absolute Gasteiger partial charge is 0.159 e. The van der Waals surface area contributed by atoms with E-state index in [1.165, 1.54) is 6.07 Å². The number of aromatic amines is 1. The molecule has 2 N–H and O–H groups in total. The van der Waals surface area contributed by atoms with E-state index >= 15 is 0 Å². The van der Waals surface area contributed by atoms with Crippen molar-refractivity contribution < 1.29 is 13.9 Å². The van der Waals surface area contributed by atoms with Crippen LogP contribution in [0.5, 0.6) is 0 Å². The van der Waals surface area contributed by atoms with Crippen molar-refractivity contribution in [1.82, 2.24) is 29.9 Å². The van der Waals surface area contributed by atoms with Gasteiger partial charge in [0.05, 0.1) is 36.1 Å². The van der Waals surface area contributed by atoms with Gasteiger partial charge in [-0.3, -0.25) is 14.8 Å². The molecule has 0 bridgehead atoms. The summed E-state index contributed by atoms with van der Waals surface area (Å²) >= 11 is 0. The molecule has 0 spiro atoms. The van der Waals surface area contributed by atoms with Crippen LogP contribution in [-0.4, -0.2) is 41.7 Å². The number of hydrogen-bond acceptors (Lipinski definition) is 5. The van der Waals surface area contributed by atoms with Crippen LogP contribution in [-0.2, 0) is 6.54 Å². The maximum atomic E-state index is 13.7. The van der Waals surface area contributed by atoms with Crippen molar-refractivity contribution in [2.45, 2.75) is 6.54 Å². The molecule has 0 radical (unpaired) electrons. The molecule has 0 aliphatic heterocycles. The summed E-state index contributed by atoms with van der Waals surface area (Å²) in [6.45, 7) is 0.420. The van der Waals surface area contributed by atoms with Crippen LogP contribution in [0.2, 0.25) is 0 Å². The normalized spacial score (nSPS) is 11.3. The summed E-state index contributed by atoms with van der Waals surface area (Å²) in [6, 6.07) is 9.22. The molecule has 9 heteroatoms. The number of aliphatic hydroxyl groups is 1. The first-order chi connectivity index (χ1) is 15.1. The molecule has 7 nitrogen and oxygen atoms in total. The molecule has 154 valence electrons. The van der Waals surface area contributed by atoms with Crippen molar-refractivity contribution in [3.8, 4) is 33.6 Å². The highest BCUT2D eigenvalue weighted by Crippen LogP contribution is 2.31. The lowest BCUT2D eigenvalue weighted by molar-refractivity contribution is 0.269. The number of nitrogens with one attached hydrogen (secondary N) is 1. The highest BCUT2D eigenvalue weighted by atomic mass is 19.2. The van der Waals surface area contributed by atoms with Crippen molar-refractivity contribution in [2.24, 2.45) is 0 Å². The van der Waals surface area contributed by atoms with Crippen LogP contribution in [0.1, 0.15) is 0 Å². The largest absolute Gasteiger partial charge is 0.394 e. The van der Waals surface area contributed by atoms with Gasteiger partial charge in [0.2, 0.25) is 0 Å². The molecular formula is C22H16F2N6O. The Kier molecular flexibility index (Phi) is 4.72. The lowest BCUT2D eigenvalue weighted by Crippen LogP contribution is -2.01. The van der Waals surface area contributed by atoms with Crippen LogP contribution in [0.3, 0.4) is 0 Å². The van der Waals surface area contributed by atoms with Gasteiger partial charge in [-0.2, -0.15) is 10.2 Å². The monoisotopic (exact) mass is 418 g/mol. The Morgan fingerprint density at radius 3 is 2.68 bits per heavy atom. The molecule has 31 heavy (non-hydrogen) atoms. The zero-order chi connectivity index (χ0) is 21.4. The number of nitrogens with zero attached hydrogens (tertiary/aromatic N) is 5. The number of halogens is 2. The van der Waals surface area contributed by atoms with E-state index in [1.54, 1.807) is 23.3 Å². The lowest BCUT2D eigenvalue weighted by atomic mass is 10.0. The topological polar surface area (TPSA) is 92.5 Å². The molecule has 5 aromatic rings. The van der Waals surface area contributed by atoms with Gasteiger partial charge in [-0.25, -0.2) is 13.8 Å². The van der Waals surface area contributed by atoms with Crippen molar-refractivity contribution in [2.75, 3.05) is 6.61 Å². The van der Waals surface area contributed by atoms with Crippen LogP contribution in [0.25, 0.3) is 44.7 Å². The zero-order valence-corrected chi connectivity index (χ0v) is 16.1. The van der Waals surface area contributed by atoms with Crippen molar-refractivity contribution >= 4 is 11.0 Å². The van der Waals surface area contributed by atoms with E-state index in [1.807, 2.05) is 24.4 Å². The molecule has 4 heterocycles. The lowest BCUT2D eigenvalue weighted by Gasteiger charge is -2.06.